The summed E-state index contributed by atoms with van der Waals surface area (Å²) in [5.41, 5.74) is 7.81. The number of ether oxygens (including phenoxy) is 1. The molecule has 1 unspecified atom stereocenters. The normalized spacial score (nSPS) is 12.2. The molecule has 1 aromatic carbocycles. The Morgan fingerprint density at radius 3 is 2.61 bits per heavy atom. The predicted molar refractivity (Wildman–Crippen MR) is 71.3 cm³/mol. The zero-order chi connectivity index (χ0) is 13.0. The summed E-state index contributed by atoms with van der Waals surface area (Å²) >= 11 is 0. The summed E-state index contributed by atoms with van der Waals surface area (Å²) in [6.45, 7) is 4.40. The quantitative estimate of drug-likeness (QED) is 0.894. The van der Waals surface area contributed by atoms with Crippen molar-refractivity contribution >= 4 is 0 Å². The van der Waals surface area contributed by atoms with Crippen molar-refractivity contribution in [2.24, 2.45) is 5.73 Å². The molecule has 4 nitrogen and oxygen atoms in total. The monoisotopic (exact) mass is 243 g/mol. The van der Waals surface area contributed by atoms with Crippen LogP contribution in [0.1, 0.15) is 12.5 Å². The highest BCUT2D eigenvalue weighted by Gasteiger charge is 2.03. The first-order chi connectivity index (χ1) is 8.65. The van der Waals surface area contributed by atoms with Crippen LogP contribution in [0.3, 0.4) is 0 Å². The zero-order valence-electron chi connectivity index (χ0n) is 10.6. The number of nitrogens with zero attached hydrogens (tertiary/aromatic N) is 2. The van der Waals surface area contributed by atoms with Gasteiger partial charge in [0.05, 0.1) is 12.4 Å². The molecule has 0 amide bonds. The smallest absolute Gasteiger partial charge is 0.159 e. The lowest BCUT2D eigenvalue weighted by molar-refractivity contribution is 0.294. The third-order valence-corrected chi connectivity index (χ3v) is 2.42. The second kappa shape index (κ2) is 5.60. The maximum Gasteiger partial charge on any atom is 0.159 e. The molecule has 0 radical (unpaired) electrons. The molecule has 18 heavy (non-hydrogen) atoms. The van der Waals surface area contributed by atoms with E-state index in [1.165, 1.54) is 5.56 Å². The van der Waals surface area contributed by atoms with E-state index in [4.69, 9.17) is 10.5 Å². The van der Waals surface area contributed by atoms with Crippen molar-refractivity contribution in [3.63, 3.8) is 0 Å². The Morgan fingerprint density at radius 2 is 2.00 bits per heavy atom. The lowest BCUT2D eigenvalue weighted by Crippen LogP contribution is -2.23. The Labute approximate surface area is 107 Å². The van der Waals surface area contributed by atoms with Gasteiger partial charge in [-0.25, -0.2) is 9.97 Å². The van der Waals surface area contributed by atoms with Gasteiger partial charge in [-0.1, -0.05) is 23.8 Å². The maximum absolute atomic E-state index is 5.61. The van der Waals surface area contributed by atoms with Crippen molar-refractivity contribution in [1.29, 1.82) is 0 Å². The average Bonchev–Trinajstić information content (AvgIpc) is 2.37. The lowest BCUT2D eigenvalue weighted by atomic mass is 10.1. The Balaban J connectivity index is 2.12. The third kappa shape index (κ3) is 3.28. The van der Waals surface area contributed by atoms with Crippen LogP contribution >= 0.6 is 0 Å². The van der Waals surface area contributed by atoms with Crippen LogP contribution in [0.15, 0.2) is 36.7 Å². The van der Waals surface area contributed by atoms with E-state index >= 15 is 0 Å². The molecule has 0 aliphatic carbocycles. The largest absolute Gasteiger partial charge is 0.489 e. The highest BCUT2D eigenvalue weighted by Crippen LogP contribution is 2.17. The van der Waals surface area contributed by atoms with Crippen molar-refractivity contribution in [3.8, 4) is 17.1 Å². The molecule has 0 saturated heterocycles. The summed E-state index contributed by atoms with van der Waals surface area (Å²) in [6, 6.07) is 8.09. The number of aryl methyl sites for hydroxylation is 1. The summed E-state index contributed by atoms with van der Waals surface area (Å²) in [5.74, 6) is 1.34. The highest BCUT2D eigenvalue weighted by atomic mass is 16.5. The summed E-state index contributed by atoms with van der Waals surface area (Å²) in [7, 11) is 0. The Hall–Kier alpha value is -1.94. The average molecular weight is 243 g/mol. The van der Waals surface area contributed by atoms with Gasteiger partial charge < -0.3 is 10.5 Å². The molecule has 94 valence electrons. The first kappa shape index (κ1) is 12.5. The van der Waals surface area contributed by atoms with Crippen LogP contribution in [0, 0.1) is 6.92 Å². The zero-order valence-corrected chi connectivity index (χ0v) is 10.6. The summed E-state index contributed by atoms with van der Waals surface area (Å²) < 4.78 is 5.43. The predicted octanol–water partition coefficient (Wildman–Crippen LogP) is 2.18. The van der Waals surface area contributed by atoms with Crippen molar-refractivity contribution in [3.05, 3.63) is 42.2 Å². The molecule has 0 fully saturated rings. The summed E-state index contributed by atoms with van der Waals surface area (Å²) in [5, 5.41) is 0. The van der Waals surface area contributed by atoms with E-state index in [0.717, 1.165) is 5.56 Å². The molecule has 2 N–H and O–H groups in total. The molecule has 0 bridgehead atoms. The van der Waals surface area contributed by atoms with Gasteiger partial charge >= 0.3 is 0 Å². The van der Waals surface area contributed by atoms with Crippen LogP contribution in [0.2, 0.25) is 0 Å². The molecule has 0 saturated carbocycles. The van der Waals surface area contributed by atoms with Crippen molar-refractivity contribution < 1.29 is 4.74 Å². The Kier molecular flexibility index (Phi) is 3.89. The first-order valence-electron chi connectivity index (χ1n) is 5.92. The highest BCUT2D eigenvalue weighted by molar-refractivity contribution is 5.55. The minimum atomic E-state index is 0.00134. The number of rotatable bonds is 4. The van der Waals surface area contributed by atoms with Crippen LogP contribution in [0.4, 0.5) is 0 Å². The number of hydrogen-bond donors (Lipinski definition) is 1. The van der Waals surface area contributed by atoms with Gasteiger partial charge in [0.2, 0.25) is 0 Å². The number of aromatic nitrogens is 2. The Morgan fingerprint density at radius 1 is 1.28 bits per heavy atom. The van der Waals surface area contributed by atoms with Gasteiger partial charge in [0, 0.05) is 11.6 Å². The van der Waals surface area contributed by atoms with E-state index < -0.39 is 0 Å². The molecule has 0 aliphatic heterocycles. The van der Waals surface area contributed by atoms with Crippen LogP contribution in [0.5, 0.6) is 5.75 Å². The van der Waals surface area contributed by atoms with E-state index in [1.54, 1.807) is 12.4 Å². The van der Waals surface area contributed by atoms with E-state index in [0.29, 0.717) is 18.2 Å². The molecular formula is C14H17N3O. The van der Waals surface area contributed by atoms with Gasteiger partial charge in [-0.05, 0) is 19.9 Å². The molecule has 2 aromatic rings. The number of benzene rings is 1. The minimum Gasteiger partial charge on any atom is -0.489 e. The number of hydrogen-bond acceptors (Lipinski definition) is 4. The first-order valence-corrected chi connectivity index (χ1v) is 5.92. The second-order valence-corrected chi connectivity index (χ2v) is 4.40. The van der Waals surface area contributed by atoms with Crippen LogP contribution in [-0.2, 0) is 0 Å². The van der Waals surface area contributed by atoms with E-state index in [9.17, 15) is 0 Å². The van der Waals surface area contributed by atoms with Gasteiger partial charge in [0.1, 0.15) is 6.61 Å². The fourth-order valence-corrected chi connectivity index (χ4v) is 1.55. The van der Waals surface area contributed by atoms with Gasteiger partial charge in [-0.3, -0.25) is 0 Å². The summed E-state index contributed by atoms with van der Waals surface area (Å²) in [6.07, 6.45) is 3.35. The minimum absolute atomic E-state index is 0.00134. The fourth-order valence-electron chi connectivity index (χ4n) is 1.55. The standard InChI is InChI=1S/C14H17N3O/c1-10-4-3-5-12(6-10)14-16-7-13(8-17-14)18-9-11(2)15/h3-8,11H,9,15H2,1-2H3. The van der Waals surface area contributed by atoms with Crippen LogP contribution < -0.4 is 10.5 Å². The van der Waals surface area contributed by atoms with Crippen molar-refractivity contribution in [2.75, 3.05) is 6.61 Å². The van der Waals surface area contributed by atoms with Gasteiger partial charge in [-0.15, -0.1) is 0 Å². The molecule has 0 spiro atoms. The Bertz CT molecular complexity index is 509. The molecule has 1 atom stereocenters. The maximum atomic E-state index is 5.61. The molecule has 1 aromatic heterocycles. The van der Waals surface area contributed by atoms with E-state index in [1.807, 2.05) is 32.0 Å². The molecule has 2 rings (SSSR count). The van der Waals surface area contributed by atoms with Gasteiger partial charge in [-0.2, -0.15) is 0 Å². The molecule has 0 aliphatic rings. The van der Waals surface area contributed by atoms with Crippen LogP contribution in [-0.4, -0.2) is 22.6 Å². The van der Waals surface area contributed by atoms with Gasteiger partial charge in [0.15, 0.2) is 11.6 Å². The fraction of sp³-hybridized carbons (Fsp3) is 0.286. The van der Waals surface area contributed by atoms with E-state index in [2.05, 4.69) is 16.0 Å². The molecular weight excluding hydrogens is 226 g/mol. The van der Waals surface area contributed by atoms with Crippen molar-refractivity contribution in [1.82, 2.24) is 9.97 Å². The SMILES string of the molecule is Cc1cccc(-c2ncc(OCC(C)N)cn2)c1. The number of nitrogens with two attached hydrogens (primary N) is 1. The molecule has 1 heterocycles. The van der Waals surface area contributed by atoms with Crippen LogP contribution in [0.25, 0.3) is 11.4 Å². The van der Waals surface area contributed by atoms with Crippen molar-refractivity contribution in [2.45, 2.75) is 19.9 Å². The topological polar surface area (TPSA) is 61.0 Å². The second-order valence-electron chi connectivity index (χ2n) is 4.40. The van der Waals surface area contributed by atoms with Gasteiger partial charge in [0.25, 0.3) is 0 Å². The molecule has 4 heteroatoms. The lowest BCUT2D eigenvalue weighted by Gasteiger charge is -2.08. The van der Waals surface area contributed by atoms with E-state index in [-0.39, 0.29) is 6.04 Å². The third-order valence-electron chi connectivity index (χ3n) is 2.42. The summed E-state index contributed by atoms with van der Waals surface area (Å²) in [4.78, 5) is 8.58.